The highest BCUT2D eigenvalue weighted by molar-refractivity contribution is 7.89. The van der Waals surface area contributed by atoms with Crippen LogP contribution in [0.25, 0.3) is 0 Å². The Bertz CT molecular complexity index is 921. The molecule has 33 heavy (non-hydrogen) atoms. The van der Waals surface area contributed by atoms with Gasteiger partial charge in [-0.3, -0.25) is 14.4 Å². The van der Waals surface area contributed by atoms with Crippen LogP contribution >= 0.6 is 0 Å². The number of piperidine rings is 2. The maximum absolute atomic E-state index is 12.7. The highest BCUT2D eigenvalue weighted by Crippen LogP contribution is 2.24. The Morgan fingerprint density at radius 1 is 0.970 bits per heavy atom. The maximum atomic E-state index is 12.7. The van der Waals surface area contributed by atoms with Crippen molar-refractivity contribution in [3.05, 3.63) is 30.3 Å². The lowest BCUT2D eigenvalue weighted by Gasteiger charge is -2.31. The Balaban J connectivity index is 1.36. The second-order valence-electron chi connectivity index (χ2n) is 8.44. The summed E-state index contributed by atoms with van der Waals surface area (Å²) in [7, 11) is -3.54. The number of nitrogens with zero attached hydrogens (tertiary/aromatic N) is 2. The number of esters is 1. The van der Waals surface area contributed by atoms with E-state index >= 15 is 0 Å². The van der Waals surface area contributed by atoms with E-state index in [-0.39, 0.29) is 47.5 Å². The topological polar surface area (TPSA) is 113 Å². The van der Waals surface area contributed by atoms with E-state index in [1.165, 1.54) is 4.31 Å². The molecule has 0 aliphatic carbocycles. The highest BCUT2D eigenvalue weighted by atomic mass is 32.2. The van der Waals surface area contributed by atoms with Gasteiger partial charge < -0.3 is 15.0 Å². The van der Waals surface area contributed by atoms with Crippen molar-refractivity contribution in [2.24, 2.45) is 11.8 Å². The number of sulfonamides is 1. The summed E-state index contributed by atoms with van der Waals surface area (Å²) >= 11 is 0. The molecule has 182 valence electrons. The van der Waals surface area contributed by atoms with Gasteiger partial charge >= 0.3 is 5.97 Å². The number of likely N-dealkylation sites (tertiary alicyclic amines) is 1. The molecule has 1 N–H and O–H groups in total. The lowest BCUT2D eigenvalue weighted by molar-refractivity contribution is -0.151. The Morgan fingerprint density at radius 3 is 2.18 bits per heavy atom. The van der Waals surface area contributed by atoms with E-state index in [9.17, 15) is 22.8 Å². The maximum Gasteiger partial charge on any atom is 0.309 e. The number of benzene rings is 1. The fraction of sp³-hybridized carbons (Fsp3) is 0.609. The summed E-state index contributed by atoms with van der Waals surface area (Å²) in [5.74, 6) is -0.783. The van der Waals surface area contributed by atoms with Crippen LogP contribution in [0.4, 0.5) is 0 Å². The lowest BCUT2D eigenvalue weighted by Crippen LogP contribution is -2.44. The molecule has 2 aliphatic heterocycles. The van der Waals surface area contributed by atoms with Crippen LogP contribution in [0.1, 0.15) is 39.0 Å². The van der Waals surface area contributed by atoms with Gasteiger partial charge in [-0.2, -0.15) is 4.31 Å². The van der Waals surface area contributed by atoms with E-state index in [0.717, 1.165) is 0 Å². The standard InChI is InChI=1S/C23H33N3O6S/c1-2-32-23(29)19-9-14-25(15-10-19)21(27)8-13-24-22(28)18-11-16-26(17-12-18)33(30,31)20-6-4-3-5-7-20/h3-7,18-19H,2,8-17H2,1H3,(H,24,28). The number of amides is 2. The molecule has 2 amide bonds. The van der Waals surface area contributed by atoms with Gasteiger partial charge in [0.1, 0.15) is 0 Å². The van der Waals surface area contributed by atoms with Gasteiger partial charge in [0.15, 0.2) is 0 Å². The first-order valence-corrected chi connectivity index (χ1v) is 13.0. The monoisotopic (exact) mass is 479 g/mol. The molecular weight excluding hydrogens is 446 g/mol. The molecule has 1 aromatic rings. The highest BCUT2D eigenvalue weighted by Gasteiger charge is 2.32. The first kappa shape index (κ1) is 25.2. The van der Waals surface area contributed by atoms with Crippen molar-refractivity contribution in [1.82, 2.24) is 14.5 Å². The van der Waals surface area contributed by atoms with Crippen molar-refractivity contribution < 1.29 is 27.5 Å². The van der Waals surface area contributed by atoms with Gasteiger partial charge in [-0.15, -0.1) is 0 Å². The van der Waals surface area contributed by atoms with Gasteiger partial charge in [0.25, 0.3) is 0 Å². The molecule has 3 rings (SSSR count). The van der Waals surface area contributed by atoms with Gasteiger partial charge in [-0.05, 0) is 44.7 Å². The van der Waals surface area contributed by atoms with Gasteiger partial charge in [0.2, 0.25) is 21.8 Å². The fourth-order valence-corrected chi connectivity index (χ4v) is 5.81. The van der Waals surface area contributed by atoms with E-state index in [1.54, 1.807) is 42.2 Å². The molecule has 1 aromatic carbocycles. The predicted molar refractivity (Wildman–Crippen MR) is 121 cm³/mol. The minimum absolute atomic E-state index is 0.0404. The zero-order valence-electron chi connectivity index (χ0n) is 19.1. The summed E-state index contributed by atoms with van der Waals surface area (Å²) in [4.78, 5) is 38.7. The van der Waals surface area contributed by atoms with Crippen LogP contribution < -0.4 is 5.32 Å². The molecule has 2 heterocycles. The SMILES string of the molecule is CCOC(=O)C1CCN(C(=O)CCNC(=O)C2CCN(S(=O)(=O)c3ccccc3)CC2)CC1. The Hall–Kier alpha value is -2.46. The van der Waals surface area contributed by atoms with Gasteiger partial charge in [0.05, 0.1) is 17.4 Å². The third-order valence-electron chi connectivity index (χ3n) is 6.31. The van der Waals surface area contributed by atoms with Crippen LogP contribution in [0.5, 0.6) is 0 Å². The van der Waals surface area contributed by atoms with Crippen molar-refractivity contribution in [3.8, 4) is 0 Å². The van der Waals surface area contributed by atoms with E-state index in [4.69, 9.17) is 4.74 Å². The van der Waals surface area contributed by atoms with Gasteiger partial charge in [0, 0.05) is 45.1 Å². The average Bonchev–Trinajstić information content (AvgIpc) is 2.84. The molecule has 10 heteroatoms. The van der Waals surface area contributed by atoms with Crippen molar-refractivity contribution in [2.45, 2.75) is 43.9 Å². The summed E-state index contributed by atoms with van der Waals surface area (Å²) in [6.07, 6.45) is 2.31. The zero-order valence-corrected chi connectivity index (χ0v) is 19.9. The Labute approximate surface area is 195 Å². The molecule has 0 aromatic heterocycles. The molecule has 0 bridgehead atoms. The van der Waals surface area contributed by atoms with Crippen LogP contribution in [0.15, 0.2) is 35.2 Å². The van der Waals surface area contributed by atoms with Crippen LogP contribution in [0, 0.1) is 11.8 Å². The summed E-state index contributed by atoms with van der Waals surface area (Å²) < 4.78 is 31.9. The quantitative estimate of drug-likeness (QED) is 0.564. The molecule has 2 fully saturated rings. The molecule has 0 atom stereocenters. The Kier molecular flexibility index (Phi) is 8.85. The molecule has 2 saturated heterocycles. The number of carbonyl (C=O) groups excluding carboxylic acids is 3. The van der Waals surface area contributed by atoms with Gasteiger partial charge in [-0.25, -0.2) is 8.42 Å². The summed E-state index contributed by atoms with van der Waals surface area (Å²) in [6.45, 7) is 4.01. The minimum atomic E-state index is -3.54. The minimum Gasteiger partial charge on any atom is -0.466 e. The first-order chi connectivity index (χ1) is 15.8. The van der Waals surface area contributed by atoms with Crippen molar-refractivity contribution in [2.75, 3.05) is 39.3 Å². The summed E-state index contributed by atoms with van der Waals surface area (Å²) in [6, 6.07) is 8.30. The first-order valence-electron chi connectivity index (χ1n) is 11.6. The van der Waals surface area contributed by atoms with E-state index in [2.05, 4.69) is 5.32 Å². The molecule has 0 radical (unpaired) electrons. The van der Waals surface area contributed by atoms with E-state index in [1.807, 2.05) is 0 Å². The van der Waals surface area contributed by atoms with Gasteiger partial charge in [-0.1, -0.05) is 18.2 Å². The molecule has 0 spiro atoms. The average molecular weight is 480 g/mol. The third-order valence-corrected chi connectivity index (χ3v) is 8.22. The Morgan fingerprint density at radius 2 is 1.58 bits per heavy atom. The largest absolute Gasteiger partial charge is 0.466 e. The summed E-state index contributed by atoms with van der Waals surface area (Å²) in [5.41, 5.74) is 0. The van der Waals surface area contributed by atoms with Crippen LogP contribution in [0.3, 0.4) is 0 Å². The number of ether oxygens (including phenoxy) is 1. The number of hydrogen-bond acceptors (Lipinski definition) is 6. The second-order valence-corrected chi connectivity index (χ2v) is 10.4. The molecule has 9 nitrogen and oxygen atoms in total. The predicted octanol–water partition coefficient (Wildman–Crippen LogP) is 1.40. The van der Waals surface area contributed by atoms with Crippen molar-refractivity contribution in [3.63, 3.8) is 0 Å². The van der Waals surface area contributed by atoms with E-state index in [0.29, 0.717) is 58.5 Å². The lowest BCUT2D eigenvalue weighted by atomic mass is 9.96. The van der Waals surface area contributed by atoms with Crippen LogP contribution in [-0.2, 0) is 29.1 Å². The number of carbonyl (C=O) groups is 3. The van der Waals surface area contributed by atoms with Crippen LogP contribution in [-0.4, -0.2) is 74.7 Å². The molecule has 0 unspecified atom stereocenters. The third kappa shape index (κ3) is 6.54. The number of rotatable bonds is 8. The van der Waals surface area contributed by atoms with Crippen molar-refractivity contribution >= 4 is 27.8 Å². The van der Waals surface area contributed by atoms with Crippen LogP contribution in [0.2, 0.25) is 0 Å². The number of hydrogen-bond donors (Lipinski definition) is 1. The summed E-state index contributed by atoms with van der Waals surface area (Å²) in [5, 5.41) is 2.82. The fourth-order valence-electron chi connectivity index (χ4n) is 4.32. The molecule has 2 aliphatic rings. The second kappa shape index (κ2) is 11.6. The normalized spacial score (nSPS) is 18.6. The molecule has 0 saturated carbocycles. The number of nitrogens with one attached hydrogen (secondary N) is 1. The van der Waals surface area contributed by atoms with E-state index < -0.39 is 10.0 Å². The smallest absolute Gasteiger partial charge is 0.309 e. The zero-order chi connectivity index (χ0) is 23.8. The molecular formula is C23H33N3O6S. The van der Waals surface area contributed by atoms with Crippen molar-refractivity contribution in [1.29, 1.82) is 0 Å².